The number of pyridine rings is 1. The van der Waals surface area contributed by atoms with Crippen molar-refractivity contribution in [2.45, 2.75) is 6.42 Å². The zero-order chi connectivity index (χ0) is 13.6. The molecule has 98 valence electrons. The predicted octanol–water partition coefficient (Wildman–Crippen LogP) is 0.958. The van der Waals surface area contributed by atoms with Crippen molar-refractivity contribution >= 4 is 27.4 Å². The molecule has 1 aromatic heterocycles. The quantitative estimate of drug-likeness (QED) is 0.600. The van der Waals surface area contributed by atoms with E-state index >= 15 is 0 Å². The second-order valence-corrected chi connectivity index (χ2v) is 5.84. The number of hydrogen-bond donors (Lipinski definition) is 2. The highest BCUT2D eigenvalue weighted by molar-refractivity contribution is 7.88. The van der Waals surface area contributed by atoms with Crippen LogP contribution < -0.4 is 10.0 Å². The Morgan fingerprint density at radius 2 is 2.17 bits per heavy atom. The molecule has 0 fully saturated rings. The van der Waals surface area contributed by atoms with E-state index in [2.05, 4.69) is 15.0 Å². The van der Waals surface area contributed by atoms with Crippen LogP contribution in [0, 0.1) is 11.3 Å². The number of hydrogen-bond acceptors (Lipinski definition) is 5. The van der Waals surface area contributed by atoms with Gasteiger partial charge in [-0.1, -0.05) is 11.6 Å². The second-order valence-electron chi connectivity index (χ2n) is 3.62. The molecule has 6 nitrogen and oxygen atoms in total. The number of halogens is 1. The minimum atomic E-state index is -3.14. The van der Waals surface area contributed by atoms with Crippen LogP contribution in [0.25, 0.3) is 0 Å². The molecule has 0 radical (unpaired) electrons. The third-order valence-electron chi connectivity index (χ3n) is 1.95. The Kier molecular flexibility index (Phi) is 5.34. The van der Waals surface area contributed by atoms with Crippen LogP contribution in [0.5, 0.6) is 0 Å². The molecule has 0 atom stereocenters. The Morgan fingerprint density at radius 1 is 1.44 bits per heavy atom. The van der Waals surface area contributed by atoms with Crippen molar-refractivity contribution in [2.75, 3.05) is 24.7 Å². The van der Waals surface area contributed by atoms with Gasteiger partial charge in [0.1, 0.15) is 11.0 Å². The summed E-state index contributed by atoms with van der Waals surface area (Å²) < 4.78 is 24.0. The van der Waals surface area contributed by atoms with Gasteiger partial charge in [0.25, 0.3) is 0 Å². The van der Waals surface area contributed by atoms with E-state index in [1.165, 1.54) is 6.07 Å². The molecular weight excluding hydrogens is 276 g/mol. The van der Waals surface area contributed by atoms with Crippen LogP contribution in [0.3, 0.4) is 0 Å². The minimum Gasteiger partial charge on any atom is -0.370 e. The summed E-state index contributed by atoms with van der Waals surface area (Å²) >= 11 is 5.73. The van der Waals surface area contributed by atoms with Gasteiger partial charge in [-0.2, -0.15) is 5.26 Å². The molecule has 0 aliphatic carbocycles. The third-order valence-corrected chi connectivity index (χ3v) is 2.87. The molecule has 0 aliphatic rings. The third kappa shape index (κ3) is 5.82. The lowest BCUT2D eigenvalue weighted by atomic mass is 10.3. The number of nitrogens with one attached hydrogen (secondary N) is 2. The molecule has 1 heterocycles. The molecule has 0 saturated heterocycles. The van der Waals surface area contributed by atoms with Crippen molar-refractivity contribution in [1.82, 2.24) is 9.71 Å². The van der Waals surface area contributed by atoms with E-state index in [9.17, 15) is 8.42 Å². The highest BCUT2D eigenvalue weighted by Crippen LogP contribution is 2.13. The first-order valence-electron chi connectivity index (χ1n) is 5.17. The predicted molar refractivity (Wildman–Crippen MR) is 69.9 cm³/mol. The van der Waals surface area contributed by atoms with E-state index in [1.807, 2.05) is 6.07 Å². The van der Waals surface area contributed by atoms with E-state index in [0.717, 1.165) is 6.26 Å². The molecule has 0 spiro atoms. The van der Waals surface area contributed by atoms with E-state index in [1.54, 1.807) is 6.07 Å². The first kappa shape index (κ1) is 14.7. The number of nitriles is 1. The van der Waals surface area contributed by atoms with E-state index in [0.29, 0.717) is 30.9 Å². The molecule has 0 amide bonds. The minimum absolute atomic E-state index is 0.241. The molecule has 0 aliphatic heterocycles. The Hall–Kier alpha value is -1.36. The molecule has 0 unspecified atom stereocenters. The fraction of sp³-hybridized carbons (Fsp3) is 0.400. The van der Waals surface area contributed by atoms with Gasteiger partial charge < -0.3 is 5.32 Å². The lowest BCUT2D eigenvalue weighted by molar-refractivity contribution is 0.586. The van der Waals surface area contributed by atoms with Crippen molar-refractivity contribution < 1.29 is 8.42 Å². The summed E-state index contributed by atoms with van der Waals surface area (Å²) in [6.45, 7) is 0.873. The van der Waals surface area contributed by atoms with Crippen LogP contribution in [0.1, 0.15) is 12.0 Å². The first-order valence-corrected chi connectivity index (χ1v) is 7.44. The van der Waals surface area contributed by atoms with Crippen LogP contribution in [-0.4, -0.2) is 32.7 Å². The van der Waals surface area contributed by atoms with Crippen LogP contribution in [0.4, 0.5) is 5.82 Å². The molecule has 8 heteroatoms. The maximum atomic E-state index is 10.8. The van der Waals surface area contributed by atoms with Gasteiger partial charge in [-0.3, -0.25) is 0 Å². The average Bonchev–Trinajstić information content (AvgIpc) is 2.26. The van der Waals surface area contributed by atoms with Gasteiger partial charge in [0.2, 0.25) is 10.0 Å². The van der Waals surface area contributed by atoms with Gasteiger partial charge in [0, 0.05) is 13.1 Å². The van der Waals surface area contributed by atoms with Crippen LogP contribution >= 0.6 is 11.6 Å². The van der Waals surface area contributed by atoms with E-state index in [-0.39, 0.29) is 5.15 Å². The normalized spacial score (nSPS) is 10.9. The summed E-state index contributed by atoms with van der Waals surface area (Å²) in [6, 6.07) is 5.02. The van der Waals surface area contributed by atoms with Crippen molar-refractivity contribution in [3.63, 3.8) is 0 Å². The van der Waals surface area contributed by atoms with Crippen molar-refractivity contribution in [3.8, 4) is 6.07 Å². The summed E-state index contributed by atoms with van der Waals surface area (Å²) in [6.07, 6.45) is 1.71. The summed E-state index contributed by atoms with van der Waals surface area (Å²) in [5.74, 6) is 0.499. The lowest BCUT2D eigenvalue weighted by Gasteiger charge is -2.06. The van der Waals surface area contributed by atoms with E-state index in [4.69, 9.17) is 16.9 Å². The largest absolute Gasteiger partial charge is 0.370 e. The average molecular weight is 289 g/mol. The molecule has 18 heavy (non-hydrogen) atoms. The van der Waals surface area contributed by atoms with Gasteiger partial charge in [-0.05, 0) is 18.6 Å². The Morgan fingerprint density at radius 3 is 2.78 bits per heavy atom. The summed E-state index contributed by atoms with van der Waals surface area (Å²) in [5, 5.41) is 12.0. The topological polar surface area (TPSA) is 94.9 Å². The Balaban J connectivity index is 2.40. The van der Waals surface area contributed by atoms with Crippen molar-refractivity contribution in [2.24, 2.45) is 0 Å². The Labute approximate surface area is 111 Å². The molecule has 2 N–H and O–H groups in total. The molecule has 0 bridgehead atoms. The molecule has 1 aromatic rings. The Bertz CT molecular complexity index is 553. The van der Waals surface area contributed by atoms with Gasteiger partial charge in [0.05, 0.1) is 17.9 Å². The number of aromatic nitrogens is 1. The number of rotatable bonds is 6. The number of sulfonamides is 1. The van der Waals surface area contributed by atoms with Crippen LogP contribution in [0.15, 0.2) is 12.1 Å². The SMILES string of the molecule is CS(=O)(=O)NCCCNc1cc(C#N)cc(Cl)n1. The highest BCUT2D eigenvalue weighted by Gasteiger charge is 2.01. The van der Waals surface area contributed by atoms with E-state index < -0.39 is 10.0 Å². The molecule has 1 rings (SSSR count). The summed E-state index contributed by atoms with van der Waals surface area (Å²) in [4.78, 5) is 3.99. The monoisotopic (exact) mass is 288 g/mol. The smallest absolute Gasteiger partial charge is 0.208 e. The zero-order valence-corrected chi connectivity index (χ0v) is 11.3. The first-order chi connectivity index (χ1) is 8.40. The standard InChI is InChI=1S/C10H13ClN4O2S/c1-18(16,17)14-4-2-3-13-10-6-8(7-12)5-9(11)15-10/h5-6,14H,2-4H2,1H3,(H,13,15). The van der Waals surface area contributed by atoms with Gasteiger partial charge in [-0.15, -0.1) is 0 Å². The maximum Gasteiger partial charge on any atom is 0.208 e. The fourth-order valence-corrected chi connectivity index (χ4v) is 1.94. The van der Waals surface area contributed by atoms with Crippen LogP contribution in [-0.2, 0) is 10.0 Å². The van der Waals surface area contributed by atoms with Crippen LogP contribution in [0.2, 0.25) is 5.15 Å². The summed E-state index contributed by atoms with van der Waals surface area (Å²) in [7, 11) is -3.14. The molecular formula is C10H13ClN4O2S. The zero-order valence-electron chi connectivity index (χ0n) is 9.77. The van der Waals surface area contributed by atoms with Gasteiger partial charge in [-0.25, -0.2) is 18.1 Å². The van der Waals surface area contributed by atoms with Crippen molar-refractivity contribution in [1.29, 1.82) is 5.26 Å². The number of anilines is 1. The molecule has 0 aromatic carbocycles. The fourth-order valence-electron chi connectivity index (χ4n) is 1.21. The second kappa shape index (κ2) is 6.54. The maximum absolute atomic E-state index is 10.8. The lowest BCUT2D eigenvalue weighted by Crippen LogP contribution is -2.24. The highest BCUT2D eigenvalue weighted by atomic mass is 35.5. The van der Waals surface area contributed by atoms with Gasteiger partial charge in [0.15, 0.2) is 0 Å². The van der Waals surface area contributed by atoms with Crippen molar-refractivity contribution in [3.05, 3.63) is 22.8 Å². The molecule has 0 saturated carbocycles. The summed E-state index contributed by atoms with van der Waals surface area (Å²) in [5.41, 5.74) is 0.423. The van der Waals surface area contributed by atoms with Gasteiger partial charge >= 0.3 is 0 Å². The number of nitrogens with zero attached hydrogens (tertiary/aromatic N) is 2.